The second-order valence-electron chi connectivity index (χ2n) is 5.26. The number of carbonyl (C=O) groups excluding carboxylic acids is 1. The molecule has 2 N–H and O–H groups in total. The van der Waals surface area contributed by atoms with Crippen LogP contribution in [0, 0.1) is 12.8 Å². The molecule has 1 fully saturated rings. The fraction of sp³-hybridized carbons (Fsp3) is 0.571. The Hall–Kier alpha value is -0.840. The van der Waals surface area contributed by atoms with Crippen LogP contribution in [-0.2, 0) is 0 Å². The van der Waals surface area contributed by atoms with E-state index in [-0.39, 0.29) is 36.8 Å². The van der Waals surface area contributed by atoms with Gasteiger partial charge in [-0.2, -0.15) is 0 Å². The highest BCUT2D eigenvalue weighted by Crippen LogP contribution is 2.16. The van der Waals surface area contributed by atoms with Crippen molar-refractivity contribution in [1.82, 2.24) is 15.6 Å². The fourth-order valence-electron chi connectivity index (χ4n) is 2.52. The molecule has 1 aromatic heterocycles. The van der Waals surface area contributed by atoms with Crippen molar-refractivity contribution in [3.8, 4) is 0 Å². The van der Waals surface area contributed by atoms with Crippen molar-refractivity contribution < 1.29 is 4.79 Å². The minimum absolute atomic E-state index is 0. The Kier molecular flexibility index (Phi) is 8.09. The molecule has 20 heavy (non-hydrogen) atoms. The fourth-order valence-corrected chi connectivity index (χ4v) is 2.52. The van der Waals surface area contributed by atoms with Gasteiger partial charge in [0.15, 0.2) is 0 Å². The van der Waals surface area contributed by atoms with Crippen LogP contribution in [0.2, 0.25) is 0 Å². The zero-order chi connectivity index (χ0) is 13.1. The number of nitrogens with zero attached hydrogens (tertiary/aromatic N) is 1. The number of carbonyl (C=O) groups is 1. The Labute approximate surface area is 132 Å². The largest absolute Gasteiger partial charge is 0.347 e. The predicted molar refractivity (Wildman–Crippen MR) is 86.0 cm³/mol. The molecule has 0 bridgehead atoms. The lowest BCUT2D eigenvalue weighted by atomic mass is 9.89. The van der Waals surface area contributed by atoms with Crippen LogP contribution < -0.4 is 10.6 Å². The lowest BCUT2D eigenvalue weighted by molar-refractivity contribution is 0.0897. The monoisotopic (exact) mass is 319 g/mol. The molecular formula is C14H23Cl2N3O. The van der Waals surface area contributed by atoms with Gasteiger partial charge in [0.2, 0.25) is 0 Å². The summed E-state index contributed by atoms with van der Waals surface area (Å²) < 4.78 is 0. The van der Waals surface area contributed by atoms with Crippen LogP contribution in [0.15, 0.2) is 18.5 Å². The van der Waals surface area contributed by atoms with Gasteiger partial charge in [-0.1, -0.05) is 6.92 Å². The first-order chi connectivity index (χ1) is 8.58. The number of nitrogens with one attached hydrogen (secondary N) is 2. The molecule has 0 saturated carbocycles. The van der Waals surface area contributed by atoms with Gasteiger partial charge < -0.3 is 10.6 Å². The van der Waals surface area contributed by atoms with Gasteiger partial charge in [-0.05, 0) is 44.4 Å². The molecule has 1 aliphatic rings. The van der Waals surface area contributed by atoms with E-state index in [1.54, 1.807) is 12.4 Å². The number of aromatic nitrogens is 1. The van der Waals surface area contributed by atoms with E-state index in [9.17, 15) is 4.79 Å². The second kappa shape index (κ2) is 8.45. The maximum Gasteiger partial charge on any atom is 0.253 e. The average Bonchev–Trinajstić information content (AvgIpc) is 2.34. The minimum Gasteiger partial charge on any atom is -0.347 e. The van der Waals surface area contributed by atoms with Gasteiger partial charge in [0.1, 0.15) is 0 Å². The summed E-state index contributed by atoms with van der Waals surface area (Å²) in [5.41, 5.74) is 1.64. The number of amides is 1. The highest BCUT2D eigenvalue weighted by molar-refractivity contribution is 5.94. The zero-order valence-corrected chi connectivity index (χ0v) is 13.7. The third-order valence-corrected chi connectivity index (χ3v) is 3.65. The van der Waals surface area contributed by atoms with Crippen molar-refractivity contribution in [2.24, 2.45) is 5.92 Å². The van der Waals surface area contributed by atoms with E-state index in [1.807, 2.05) is 13.0 Å². The van der Waals surface area contributed by atoms with E-state index in [1.165, 1.54) is 0 Å². The van der Waals surface area contributed by atoms with E-state index in [0.29, 0.717) is 17.5 Å². The molecule has 3 unspecified atom stereocenters. The number of piperidine rings is 1. The number of halogens is 2. The Morgan fingerprint density at radius 3 is 2.65 bits per heavy atom. The van der Waals surface area contributed by atoms with Gasteiger partial charge in [-0.15, -0.1) is 24.8 Å². The number of hydrogen-bond donors (Lipinski definition) is 2. The van der Waals surface area contributed by atoms with Crippen molar-refractivity contribution in [1.29, 1.82) is 0 Å². The van der Waals surface area contributed by atoms with Crippen LogP contribution in [0.5, 0.6) is 0 Å². The van der Waals surface area contributed by atoms with Gasteiger partial charge in [-0.3, -0.25) is 9.78 Å². The molecule has 1 aromatic rings. The maximum atomic E-state index is 12.2. The second-order valence-corrected chi connectivity index (χ2v) is 5.26. The summed E-state index contributed by atoms with van der Waals surface area (Å²) in [5, 5.41) is 6.52. The van der Waals surface area contributed by atoms with Crippen LogP contribution >= 0.6 is 24.8 Å². The standard InChI is InChI=1S/C14H21N3O.2ClH/c1-9-6-12(8-15-7-9)14(18)17-13-10(2)4-5-16-11(13)3;;/h6-8,10-11,13,16H,4-5H2,1-3H3,(H,17,18);2*1H. The SMILES string of the molecule is Cc1cncc(C(=O)NC2C(C)CCNC2C)c1.Cl.Cl. The lowest BCUT2D eigenvalue weighted by Crippen LogP contribution is -2.55. The van der Waals surface area contributed by atoms with Gasteiger partial charge in [0.25, 0.3) is 5.91 Å². The van der Waals surface area contributed by atoms with Gasteiger partial charge >= 0.3 is 0 Å². The van der Waals surface area contributed by atoms with E-state index in [4.69, 9.17) is 0 Å². The van der Waals surface area contributed by atoms with Crippen LogP contribution in [0.25, 0.3) is 0 Å². The van der Waals surface area contributed by atoms with E-state index in [2.05, 4.69) is 29.5 Å². The number of rotatable bonds is 2. The molecule has 0 radical (unpaired) electrons. The summed E-state index contributed by atoms with van der Waals surface area (Å²) in [6.07, 6.45) is 4.47. The molecule has 0 aromatic carbocycles. The van der Waals surface area contributed by atoms with Gasteiger partial charge in [0.05, 0.1) is 5.56 Å². The maximum absolute atomic E-state index is 12.2. The van der Waals surface area contributed by atoms with Crippen LogP contribution in [0.1, 0.15) is 36.2 Å². The summed E-state index contributed by atoms with van der Waals surface area (Å²) in [5.74, 6) is 0.474. The average molecular weight is 320 g/mol. The van der Waals surface area contributed by atoms with E-state index >= 15 is 0 Å². The first-order valence-corrected chi connectivity index (χ1v) is 6.54. The predicted octanol–water partition coefficient (Wildman–Crippen LogP) is 2.35. The van der Waals surface area contributed by atoms with E-state index in [0.717, 1.165) is 18.5 Å². The Bertz CT molecular complexity index is 432. The van der Waals surface area contributed by atoms with Crippen LogP contribution in [0.3, 0.4) is 0 Å². The van der Waals surface area contributed by atoms with Crippen LogP contribution in [0.4, 0.5) is 0 Å². The first kappa shape index (κ1) is 19.2. The van der Waals surface area contributed by atoms with E-state index < -0.39 is 0 Å². The molecule has 0 aliphatic carbocycles. The Morgan fingerprint density at radius 2 is 2.05 bits per heavy atom. The zero-order valence-electron chi connectivity index (χ0n) is 12.1. The molecular weight excluding hydrogens is 297 g/mol. The molecule has 1 aliphatic heterocycles. The van der Waals surface area contributed by atoms with Crippen molar-refractivity contribution >= 4 is 30.7 Å². The smallest absolute Gasteiger partial charge is 0.253 e. The molecule has 0 spiro atoms. The summed E-state index contributed by atoms with van der Waals surface area (Å²) in [4.78, 5) is 16.2. The summed E-state index contributed by atoms with van der Waals surface area (Å²) in [6.45, 7) is 7.28. The molecule has 6 heteroatoms. The van der Waals surface area contributed by atoms with Gasteiger partial charge in [0, 0.05) is 24.5 Å². The van der Waals surface area contributed by atoms with Gasteiger partial charge in [-0.25, -0.2) is 0 Å². The topological polar surface area (TPSA) is 54.0 Å². The normalized spacial score (nSPS) is 25.1. The lowest BCUT2D eigenvalue weighted by Gasteiger charge is -2.36. The summed E-state index contributed by atoms with van der Waals surface area (Å²) in [7, 11) is 0. The molecule has 1 saturated heterocycles. The molecule has 2 heterocycles. The minimum atomic E-state index is -0.0291. The number of hydrogen-bond acceptors (Lipinski definition) is 3. The Balaban J connectivity index is 0.00000180. The number of aryl methyl sites for hydroxylation is 1. The summed E-state index contributed by atoms with van der Waals surface area (Å²) in [6, 6.07) is 2.37. The highest BCUT2D eigenvalue weighted by Gasteiger charge is 2.28. The first-order valence-electron chi connectivity index (χ1n) is 6.54. The Morgan fingerprint density at radius 1 is 1.35 bits per heavy atom. The number of pyridine rings is 1. The third-order valence-electron chi connectivity index (χ3n) is 3.65. The van der Waals surface area contributed by atoms with Crippen molar-refractivity contribution in [3.05, 3.63) is 29.6 Å². The summed E-state index contributed by atoms with van der Waals surface area (Å²) >= 11 is 0. The van der Waals surface area contributed by atoms with Crippen molar-refractivity contribution in [3.63, 3.8) is 0 Å². The molecule has 114 valence electrons. The van der Waals surface area contributed by atoms with Crippen molar-refractivity contribution in [2.75, 3.05) is 6.54 Å². The van der Waals surface area contributed by atoms with Crippen molar-refractivity contribution in [2.45, 2.75) is 39.3 Å². The third kappa shape index (κ3) is 4.62. The molecule has 2 rings (SSSR count). The molecule has 1 amide bonds. The molecule has 3 atom stereocenters. The highest BCUT2D eigenvalue weighted by atomic mass is 35.5. The molecule has 4 nitrogen and oxygen atoms in total. The quantitative estimate of drug-likeness (QED) is 0.879. The van der Waals surface area contributed by atoms with Crippen LogP contribution in [-0.4, -0.2) is 29.5 Å².